The molecule has 0 amide bonds. The van der Waals surface area contributed by atoms with Crippen LogP contribution in [0.25, 0.3) is 0 Å². The topological polar surface area (TPSA) is 187 Å². The van der Waals surface area contributed by atoms with Crippen molar-refractivity contribution in [3.63, 3.8) is 0 Å². The van der Waals surface area contributed by atoms with Crippen molar-refractivity contribution in [1.29, 1.82) is 0 Å². The number of hydrogen-bond acceptors (Lipinski definition) is 14. The summed E-state index contributed by atoms with van der Waals surface area (Å²) >= 11 is 0. The second-order valence-corrected chi connectivity index (χ2v) is 25.5. The average Bonchev–Trinajstić information content (AvgIpc) is 3.58. The summed E-state index contributed by atoms with van der Waals surface area (Å²) in [5, 5.41) is 9.38. The average molecular weight is 1270 g/mol. The predicted octanol–water partition coefficient (Wildman–Crippen LogP) is 20.5. The fraction of sp³-hybridized carbons (Fsp3) is 0.920. The number of hydrogen-bond donors (Lipinski definition) is 1. The van der Waals surface area contributed by atoms with Crippen molar-refractivity contribution in [2.24, 2.45) is 0 Å². The highest BCUT2D eigenvalue weighted by Gasteiger charge is 2.22. The molecule has 89 heavy (non-hydrogen) atoms. The number of esters is 6. The molecule has 3 atom stereocenters. The standard InChI is InChI=1S/C48H90O9.C27H52O5/c1-5-9-13-17-19-21-22-24-26-30-34-38-48(52)57-44(42-55-46(50)36-32-28-16-12-8-4)40-53-39-43(41-54-45(49)35-31-27-15-11-7-3)56-47(51)37-33-29-25-23-20-18-14-10-6-2;1-3-5-7-9-10-11-12-13-14-15-16-18-20-22-27(30)32-25(23-28)24-31-26(29)21-19-17-8-6-4-2/h43-44H,5-42H2,1-4H3;25,28H,3-24H2,1-2H3. The Morgan fingerprint density at radius 2 is 0.393 bits per heavy atom. The number of aliphatic hydroxyl groups is 1. The van der Waals surface area contributed by atoms with Crippen molar-refractivity contribution in [2.75, 3.05) is 39.6 Å². The summed E-state index contributed by atoms with van der Waals surface area (Å²) in [6.07, 6.45) is 55.2. The molecule has 0 aliphatic rings. The molecule has 0 bridgehead atoms. The zero-order valence-corrected chi connectivity index (χ0v) is 58.9. The maximum Gasteiger partial charge on any atom is 0.306 e. The molecule has 0 aromatic carbocycles. The molecular formula is C75H142O14. The molecule has 0 fully saturated rings. The van der Waals surface area contributed by atoms with E-state index >= 15 is 0 Å². The largest absolute Gasteiger partial charge is 0.462 e. The monoisotopic (exact) mass is 1270 g/mol. The molecule has 526 valence electrons. The van der Waals surface area contributed by atoms with Gasteiger partial charge in [0, 0.05) is 38.5 Å². The summed E-state index contributed by atoms with van der Waals surface area (Å²) in [6.45, 7) is 12.5. The van der Waals surface area contributed by atoms with Crippen molar-refractivity contribution >= 4 is 35.8 Å². The summed E-state index contributed by atoms with van der Waals surface area (Å²) in [7, 11) is 0. The van der Waals surface area contributed by atoms with Gasteiger partial charge >= 0.3 is 35.8 Å². The smallest absolute Gasteiger partial charge is 0.306 e. The zero-order chi connectivity index (χ0) is 65.6. The molecule has 0 rings (SSSR count). The SMILES string of the molecule is CCCCCCCCCCCCCC(=O)OC(COCC(COC(=O)CCCCCCC)OC(=O)CCCCCCCCCCC)COC(=O)CCCCCCC.CCCCCCCCCCCCCCCC(=O)OC(CO)COC(=O)CCCCCCC. The maximum atomic E-state index is 12.9. The number of ether oxygens (including phenoxy) is 7. The van der Waals surface area contributed by atoms with Gasteiger partial charge in [0.15, 0.2) is 18.3 Å². The van der Waals surface area contributed by atoms with Gasteiger partial charge in [-0.2, -0.15) is 0 Å². The van der Waals surface area contributed by atoms with E-state index in [1.165, 1.54) is 167 Å². The van der Waals surface area contributed by atoms with Gasteiger partial charge in [0.2, 0.25) is 0 Å². The first-order chi connectivity index (χ1) is 43.5. The first kappa shape index (κ1) is 87.8. The van der Waals surface area contributed by atoms with E-state index < -0.39 is 18.3 Å². The van der Waals surface area contributed by atoms with Gasteiger partial charge in [-0.3, -0.25) is 28.8 Å². The zero-order valence-electron chi connectivity index (χ0n) is 58.9. The molecule has 0 aromatic rings. The summed E-state index contributed by atoms with van der Waals surface area (Å²) in [4.78, 5) is 74.4. The normalized spacial score (nSPS) is 12.2. The number of rotatable bonds is 68. The third kappa shape index (κ3) is 68.9. The van der Waals surface area contributed by atoms with Crippen LogP contribution in [-0.2, 0) is 61.9 Å². The maximum absolute atomic E-state index is 12.9. The lowest BCUT2D eigenvalue weighted by molar-refractivity contribution is -0.169. The van der Waals surface area contributed by atoms with E-state index in [1.54, 1.807) is 0 Å². The first-order valence-electron chi connectivity index (χ1n) is 37.7. The van der Waals surface area contributed by atoms with Crippen LogP contribution in [0, 0.1) is 0 Å². The lowest BCUT2D eigenvalue weighted by atomic mass is 10.0. The van der Waals surface area contributed by atoms with Crippen molar-refractivity contribution in [3.05, 3.63) is 0 Å². The fourth-order valence-electron chi connectivity index (χ4n) is 10.6. The molecule has 0 heterocycles. The number of carbonyl (C=O) groups excluding carboxylic acids is 6. The first-order valence-corrected chi connectivity index (χ1v) is 37.7. The molecule has 1 N–H and O–H groups in total. The minimum absolute atomic E-state index is 0.0363. The predicted molar refractivity (Wildman–Crippen MR) is 364 cm³/mol. The molecular weight excluding hydrogens is 1120 g/mol. The Labute approximate surface area is 546 Å². The number of carbonyl (C=O) groups is 6. The van der Waals surface area contributed by atoms with Gasteiger partial charge in [0.25, 0.3) is 0 Å². The Morgan fingerprint density at radius 1 is 0.225 bits per heavy atom. The Bertz CT molecular complexity index is 1560. The van der Waals surface area contributed by atoms with Gasteiger partial charge in [-0.05, 0) is 38.5 Å². The third-order valence-corrected chi connectivity index (χ3v) is 16.4. The number of unbranched alkanes of at least 4 members (excludes halogenated alkanes) is 42. The van der Waals surface area contributed by atoms with Gasteiger partial charge in [-0.25, -0.2) is 0 Å². The Hall–Kier alpha value is -3.26. The quantitative estimate of drug-likeness (QED) is 0.0344. The summed E-state index contributed by atoms with van der Waals surface area (Å²) < 4.78 is 38.9. The van der Waals surface area contributed by atoms with Crippen LogP contribution < -0.4 is 0 Å². The third-order valence-electron chi connectivity index (χ3n) is 16.4. The molecule has 0 aliphatic carbocycles. The Morgan fingerprint density at radius 3 is 0.596 bits per heavy atom. The molecule has 0 radical (unpaired) electrons. The molecule has 0 aromatic heterocycles. The van der Waals surface area contributed by atoms with Crippen LogP contribution in [-0.4, -0.2) is 98.9 Å². The van der Waals surface area contributed by atoms with Crippen molar-refractivity contribution in [1.82, 2.24) is 0 Å². The minimum Gasteiger partial charge on any atom is -0.462 e. The number of aliphatic hydroxyl groups excluding tert-OH is 1. The highest BCUT2D eigenvalue weighted by atomic mass is 16.6. The summed E-state index contributed by atoms with van der Waals surface area (Å²) in [5.74, 6) is -1.92. The molecule has 14 nitrogen and oxygen atoms in total. The van der Waals surface area contributed by atoms with Crippen LogP contribution in [0.4, 0.5) is 0 Å². The van der Waals surface area contributed by atoms with Crippen LogP contribution >= 0.6 is 0 Å². The van der Waals surface area contributed by atoms with Gasteiger partial charge in [-0.15, -0.1) is 0 Å². The highest BCUT2D eigenvalue weighted by Crippen LogP contribution is 2.18. The van der Waals surface area contributed by atoms with Gasteiger partial charge in [-0.1, -0.05) is 311 Å². The summed E-state index contributed by atoms with van der Waals surface area (Å²) in [6, 6.07) is 0. The van der Waals surface area contributed by atoms with Crippen molar-refractivity contribution in [2.45, 2.75) is 407 Å². The molecule has 14 heteroatoms. The Balaban J connectivity index is 0. The van der Waals surface area contributed by atoms with E-state index in [2.05, 4.69) is 41.5 Å². The minimum atomic E-state index is -0.793. The molecule has 0 saturated heterocycles. The van der Waals surface area contributed by atoms with Crippen LogP contribution in [0.5, 0.6) is 0 Å². The van der Waals surface area contributed by atoms with Crippen LogP contribution in [0.3, 0.4) is 0 Å². The van der Waals surface area contributed by atoms with Gasteiger partial charge < -0.3 is 38.3 Å². The molecule has 0 aliphatic heterocycles. The van der Waals surface area contributed by atoms with Crippen LogP contribution in [0.2, 0.25) is 0 Å². The summed E-state index contributed by atoms with van der Waals surface area (Å²) in [5.41, 5.74) is 0. The second-order valence-electron chi connectivity index (χ2n) is 25.5. The van der Waals surface area contributed by atoms with Crippen LogP contribution in [0.15, 0.2) is 0 Å². The van der Waals surface area contributed by atoms with Gasteiger partial charge in [0.1, 0.15) is 19.8 Å². The van der Waals surface area contributed by atoms with E-state index in [-0.39, 0.29) is 75.5 Å². The molecule has 3 unspecified atom stereocenters. The van der Waals surface area contributed by atoms with E-state index in [0.717, 1.165) is 141 Å². The van der Waals surface area contributed by atoms with Crippen molar-refractivity contribution < 1.29 is 67.0 Å². The van der Waals surface area contributed by atoms with E-state index in [0.29, 0.717) is 38.5 Å². The van der Waals surface area contributed by atoms with E-state index in [9.17, 15) is 33.9 Å². The highest BCUT2D eigenvalue weighted by molar-refractivity contribution is 5.71. The second kappa shape index (κ2) is 72.2. The van der Waals surface area contributed by atoms with Crippen LogP contribution in [0.1, 0.15) is 388 Å². The lowest BCUT2D eigenvalue weighted by Gasteiger charge is -2.21. The lowest BCUT2D eigenvalue weighted by Crippen LogP contribution is -2.34. The molecule has 0 saturated carbocycles. The van der Waals surface area contributed by atoms with Crippen molar-refractivity contribution in [3.8, 4) is 0 Å². The van der Waals surface area contributed by atoms with Gasteiger partial charge in [0.05, 0.1) is 19.8 Å². The molecule has 0 spiro atoms. The van der Waals surface area contributed by atoms with E-state index in [1.807, 2.05) is 0 Å². The Kier molecular flexibility index (Phi) is 71.2. The van der Waals surface area contributed by atoms with E-state index in [4.69, 9.17) is 33.2 Å². The fourth-order valence-corrected chi connectivity index (χ4v) is 10.6.